The number of thiophene rings is 1. The van der Waals surface area contributed by atoms with Crippen LogP contribution >= 0.6 is 11.3 Å². The van der Waals surface area contributed by atoms with Crippen molar-refractivity contribution < 1.29 is 13.2 Å². The Morgan fingerprint density at radius 1 is 1.24 bits per heavy atom. The first-order valence-electron chi connectivity index (χ1n) is 7.32. The zero-order valence-electron chi connectivity index (χ0n) is 13.8. The second-order valence-electron chi connectivity index (χ2n) is 5.59. The number of rotatable bonds is 4. The van der Waals surface area contributed by atoms with Crippen LogP contribution < -0.4 is 5.32 Å². The summed E-state index contributed by atoms with van der Waals surface area (Å²) in [6.45, 7) is 1.86. The molecule has 0 atom stereocenters. The molecule has 3 rings (SSSR count). The lowest BCUT2D eigenvalue weighted by atomic mass is 10.2. The van der Waals surface area contributed by atoms with Gasteiger partial charge in [0.25, 0.3) is 5.91 Å². The molecule has 3 aromatic rings. The molecular formula is C16H16N4O3S2. The lowest BCUT2D eigenvalue weighted by molar-refractivity contribution is 0.102. The van der Waals surface area contributed by atoms with Gasteiger partial charge in [0, 0.05) is 29.9 Å². The Morgan fingerprint density at radius 2 is 2.00 bits per heavy atom. The number of carbonyl (C=O) groups excluding carboxylic acids is 1. The van der Waals surface area contributed by atoms with E-state index in [1.165, 1.54) is 11.4 Å². The van der Waals surface area contributed by atoms with Crippen LogP contribution in [0.2, 0.25) is 0 Å². The van der Waals surface area contributed by atoms with Crippen LogP contribution in [0.15, 0.2) is 39.9 Å². The first kappa shape index (κ1) is 17.3. The van der Waals surface area contributed by atoms with Crippen LogP contribution in [0.5, 0.6) is 0 Å². The topological polar surface area (TPSA) is 94.0 Å². The molecular weight excluding hydrogens is 360 g/mol. The third-order valence-corrected chi connectivity index (χ3v) is 6.44. The molecule has 9 heteroatoms. The Bertz CT molecular complexity index is 1050. The summed E-state index contributed by atoms with van der Waals surface area (Å²) in [6.07, 6.45) is 1.12. The Balaban J connectivity index is 1.84. The van der Waals surface area contributed by atoms with Gasteiger partial charge >= 0.3 is 0 Å². The number of nitrogens with one attached hydrogen (secondary N) is 1. The van der Waals surface area contributed by atoms with E-state index in [4.69, 9.17) is 0 Å². The molecule has 0 spiro atoms. The minimum atomic E-state index is -3.31. The van der Waals surface area contributed by atoms with Crippen molar-refractivity contribution in [1.29, 1.82) is 0 Å². The number of amides is 1. The van der Waals surface area contributed by atoms with Gasteiger partial charge in [-0.3, -0.25) is 4.79 Å². The van der Waals surface area contributed by atoms with E-state index in [1.807, 2.05) is 30.7 Å². The van der Waals surface area contributed by atoms with Crippen molar-refractivity contribution >= 4 is 32.8 Å². The third-order valence-electron chi connectivity index (χ3n) is 3.67. The second kappa shape index (κ2) is 6.41. The van der Waals surface area contributed by atoms with E-state index in [-0.39, 0.29) is 10.1 Å². The zero-order chi connectivity index (χ0) is 18.2. The van der Waals surface area contributed by atoms with Crippen molar-refractivity contribution in [2.45, 2.75) is 11.1 Å². The highest BCUT2D eigenvalue weighted by Crippen LogP contribution is 2.23. The lowest BCUT2D eigenvalue weighted by Gasteiger charge is -2.07. The van der Waals surface area contributed by atoms with E-state index in [0.717, 1.165) is 29.0 Å². The van der Waals surface area contributed by atoms with Gasteiger partial charge < -0.3 is 9.88 Å². The summed E-state index contributed by atoms with van der Waals surface area (Å²) in [6, 6.07) is 8.63. The van der Waals surface area contributed by atoms with Crippen LogP contribution in [0.25, 0.3) is 11.4 Å². The maximum absolute atomic E-state index is 12.3. The smallest absolute Gasteiger partial charge is 0.256 e. The molecule has 0 aliphatic heterocycles. The summed E-state index contributed by atoms with van der Waals surface area (Å²) in [5, 5.41) is 12.5. The fraction of sp³-hybridized carbons (Fsp3) is 0.188. The van der Waals surface area contributed by atoms with Gasteiger partial charge in [-0.15, -0.1) is 21.5 Å². The monoisotopic (exact) mass is 376 g/mol. The Hall–Kier alpha value is -2.52. The number of anilines is 1. The molecule has 0 aliphatic rings. The first-order valence-corrected chi connectivity index (χ1v) is 10.1. The highest BCUT2D eigenvalue weighted by molar-refractivity contribution is 7.92. The summed E-state index contributed by atoms with van der Waals surface area (Å²) in [4.78, 5) is 12.3. The van der Waals surface area contributed by atoms with Crippen LogP contribution in [0.1, 0.15) is 16.2 Å². The first-order chi connectivity index (χ1) is 11.8. The van der Waals surface area contributed by atoms with Crippen molar-refractivity contribution in [2.75, 3.05) is 11.6 Å². The quantitative estimate of drug-likeness (QED) is 0.755. The van der Waals surface area contributed by atoms with E-state index < -0.39 is 9.84 Å². The number of hydrogen-bond acceptors (Lipinski definition) is 6. The predicted molar refractivity (Wildman–Crippen MR) is 96.6 cm³/mol. The van der Waals surface area contributed by atoms with Gasteiger partial charge in [0.1, 0.15) is 10.0 Å². The molecule has 130 valence electrons. The average Bonchev–Trinajstić information content (AvgIpc) is 3.16. The number of carbonyl (C=O) groups is 1. The van der Waals surface area contributed by atoms with Gasteiger partial charge in [0.15, 0.2) is 15.7 Å². The summed E-state index contributed by atoms with van der Waals surface area (Å²) < 4.78 is 25.1. The molecule has 1 N–H and O–H groups in total. The van der Waals surface area contributed by atoms with Gasteiger partial charge in [-0.05, 0) is 25.1 Å². The van der Waals surface area contributed by atoms with Crippen LogP contribution in [-0.2, 0) is 16.9 Å². The van der Waals surface area contributed by atoms with Crippen LogP contribution in [0.4, 0.5) is 5.69 Å². The number of aromatic nitrogens is 3. The Morgan fingerprint density at radius 3 is 2.60 bits per heavy atom. The number of sulfone groups is 1. The fourth-order valence-corrected chi connectivity index (χ4v) is 4.03. The van der Waals surface area contributed by atoms with Gasteiger partial charge in [0.2, 0.25) is 0 Å². The Labute approximate surface area is 149 Å². The predicted octanol–water partition coefficient (Wildman–Crippen LogP) is 2.51. The molecule has 0 fully saturated rings. The summed E-state index contributed by atoms with van der Waals surface area (Å²) >= 11 is 1.03. The molecule has 2 aromatic heterocycles. The maximum Gasteiger partial charge on any atom is 0.256 e. The number of nitrogens with zero attached hydrogens (tertiary/aromatic N) is 3. The SMILES string of the molecule is Cc1nnc(-c2cccc(NC(=O)c3csc(S(C)(=O)=O)c3)c2)n1C. The molecule has 1 aromatic carbocycles. The number of benzene rings is 1. The highest BCUT2D eigenvalue weighted by Gasteiger charge is 2.15. The summed E-state index contributed by atoms with van der Waals surface area (Å²) in [5.41, 5.74) is 1.73. The van der Waals surface area contributed by atoms with Crippen molar-refractivity contribution in [3.05, 3.63) is 47.1 Å². The van der Waals surface area contributed by atoms with Crippen molar-refractivity contribution in [1.82, 2.24) is 14.8 Å². The Kier molecular flexibility index (Phi) is 4.44. The van der Waals surface area contributed by atoms with Crippen LogP contribution in [-0.4, -0.2) is 35.3 Å². The summed E-state index contributed by atoms with van der Waals surface area (Å²) in [5.74, 6) is 1.12. The van der Waals surface area contributed by atoms with Gasteiger partial charge in [-0.2, -0.15) is 0 Å². The molecule has 0 unspecified atom stereocenters. The van der Waals surface area contributed by atoms with E-state index in [1.54, 1.807) is 12.1 Å². The second-order valence-corrected chi connectivity index (χ2v) is 8.75. The van der Waals surface area contributed by atoms with Crippen molar-refractivity contribution in [2.24, 2.45) is 7.05 Å². The van der Waals surface area contributed by atoms with Crippen molar-refractivity contribution in [3.8, 4) is 11.4 Å². The van der Waals surface area contributed by atoms with E-state index in [2.05, 4.69) is 15.5 Å². The standard InChI is InChI=1S/C16H16N4O3S2/c1-10-18-19-15(20(10)2)11-5-4-6-13(7-11)17-16(21)12-8-14(24-9-12)25(3,22)23/h4-9H,1-3H3,(H,17,21). The molecule has 25 heavy (non-hydrogen) atoms. The molecule has 0 saturated carbocycles. The average molecular weight is 376 g/mol. The maximum atomic E-state index is 12.3. The highest BCUT2D eigenvalue weighted by atomic mass is 32.2. The lowest BCUT2D eigenvalue weighted by Crippen LogP contribution is -2.11. The molecule has 0 saturated heterocycles. The fourth-order valence-electron chi connectivity index (χ4n) is 2.23. The van der Waals surface area contributed by atoms with E-state index >= 15 is 0 Å². The van der Waals surface area contributed by atoms with Gasteiger partial charge in [-0.1, -0.05) is 12.1 Å². The van der Waals surface area contributed by atoms with E-state index in [9.17, 15) is 13.2 Å². The largest absolute Gasteiger partial charge is 0.322 e. The molecule has 0 bridgehead atoms. The molecule has 2 heterocycles. The third kappa shape index (κ3) is 3.62. The van der Waals surface area contributed by atoms with E-state index in [0.29, 0.717) is 17.1 Å². The minimum absolute atomic E-state index is 0.168. The zero-order valence-corrected chi connectivity index (χ0v) is 15.5. The molecule has 1 amide bonds. The van der Waals surface area contributed by atoms with Crippen molar-refractivity contribution in [3.63, 3.8) is 0 Å². The normalized spacial score (nSPS) is 11.5. The minimum Gasteiger partial charge on any atom is -0.322 e. The van der Waals surface area contributed by atoms with Gasteiger partial charge in [-0.25, -0.2) is 8.42 Å². The number of hydrogen-bond donors (Lipinski definition) is 1. The number of aryl methyl sites for hydroxylation is 1. The molecule has 0 aliphatic carbocycles. The summed E-state index contributed by atoms with van der Waals surface area (Å²) in [7, 11) is -1.44. The van der Waals surface area contributed by atoms with Crippen LogP contribution in [0.3, 0.4) is 0 Å². The van der Waals surface area contributed by atoms with Crippen LogP contribution in [0, 0.1) is 6.92 Å². The van der Waals surface area contributed by atoms with Gasteiger partial charge in [0.05, 0.1) is 5.56 Å². The molecule has 0 radical (unpaired) electrons. The molecule has 7 nitrogen and oxygen atoms in total.